The third kappa shape index (κ3) is 4.18. The molecule has 6 N–H and O–H groups in total. The van der Waals surface area contributed by atoms with Crippen molar-refractivity contribution in [1.29, 1.82) is 0 Å². The van der Waals surface area contributed by atoms with Crippen molar-refractivity contribution in [3.63, 3.8) is 0 Å². The summed E-state index contributed by atoms with van der Waals surface area (Å²) < 4.78 is 5.72. The van der Waals surface area contributed by atoms with E-state index in [0.29, 0.717) is 23.8 Å². The van der Waals surface area contributed by atoms with Crippen LogP contribution in [0.25, 0.3) is 5.76 Å². The largest absolute Gasteiger partial charge is 0.508 e. The number of Topliss-reactive ketones (excluding diaryl/α,β-unsaturated/α-hetero) is 2. The molecule has 0 bridgehead atoms. The Kier molecular flexibility index (Phi) is 6.85. The first kappa shape index (κ1) is 26.7. The average Bonchev–Trinajstić information content (AvgIpc) is 2.79. The van der Waals surface area contributed by atoms with Crippen molar-refractivity contribution in [2.45, 2.75) is 51.7 Å². The highest BCUT2D eigenvalue weighted by atomic mass is 16.5. The van der Waals surface area contributed by atoms with E-state index in [0.717, 1.165) is 18.5 Å². The number of benzene rings is 1. The minimum Gasteiger partial charge on any atom is -0.508 e. The lowest BCUT2D eigenvalue weighted by molar-refractivity contribution is -0.147. The summed E-state index contributed by atoms with van der Waals surface area (Å²) in [6.45, 7) is 5.61. The van der Waals surface area contributed by atoms with Crippen LogP contribution < -0.4 is 10.5 Å². The number of ether oxygens (including phenoxy) is 1. The molecule has 0 spiro atoms. The number of fused-ring (bicyclic) bond motifs is 3. The van der Waals surface area contributed by atoms with Gasteiger partial charge in [-0.3, -0.25) is 14.4 Å². The van der Waals surface area contributed by atoms with Crippen LogP contribution in [0.4, 0.5) is 0 Å². The van der Waals surface area contributed by atoms with Crippen molar-refractivity contribution in [3.8, 4) is 11.5 Å². The zero-order valence-corrected chi connectivity index (χ0v) is 21.5. The molecule has 0 heterocycles. The first-order valence-electron chi connectivity index (χ1n) is 12.4. The second-order valence-electron chi connectivity index (χ2n) is 10.8. The van der Waals surface area contributed by atoms with Gasteiger partial charge in [0.2, 0.25) is 5.78 Å². The van der Waals surface area contributed by atoms with Crippen LogP contribution in [0.15, 0.2) is 23.0 Å². The molecule has 10 nitrogen and oxygen atoms in total. The van der Waals surface area contributed by atoms with Gasteiger partial charge in [0.05, 0.1) is 12.7 Å². The van der Waals surface area contributed by atoms with Gasteiger partial charge in [0.15, 0.2) is 11.4 Å². The molecule has 10 heteroatoms. The van der Waals surface area contributed by atoms with E-state index in [9.17, 15) is 34.8 Å². The Morgan fingerprint density at radius 3 is 2.51 bits per heavy atom. The first-order valence-corrected chi connectivity index (χ1v) is 12.4. The highest BCUT2D eigenvalue weighted by Gasteiger charge is 2.60. The number of hydrogen-bond donors (Lipinski definition) is 5. The Morgan fingerprint density at radius 1 is 1.24 bits per heavy atom. The lowest BCUT2D eigenvalue weighted by atomic mass is 9.59. The normalized spacial score (nSPS) is 25.4. The van der Waals surface area contributed by atoms with Crippen LogP contribution in [0.3, 0.4) is 0 Å². The number of carbonyl (C=O) groups is 3. The molecule has 1 unspecified atom stereocenters. The summed E-state index contributed by atoms with van der Waals surface area (Å²) in [4.78, 5) is 39.9. The van der Waals surface area contributed by atoms with E-state index in [4.69, 9.17) is 10.5 Å². The molecule has 3 atom stereocenters. The monoisotopic (exact) mass is 514 g/mol. The van der Waals surface area contributed by atoms with Crippen LogP contribution in [0, 0.1) is 17.8 Å². The maximum absolute atomic E-state index is 13.6. The number of phenols is 1. The van der Waals surface area contributed by atoms with Crippen LogP contribution in [0.2, 0.25) is 0 Å². The Balaban J connectivity index is 1.81. The van der Waals surface area contributed by atoms with Gasteiger partial charge in [-0.05, 0) is 50.8 Å². The van der Waals surface area contributed by atoms with Gasteiger partial charge in [0.1, 0.15) is 28.6 Å². The van der Waals surface area contributed by atoms with Crippen LogP contribution in [-0.2, 0) is 27.3 Å². The van der Waals surface area contributed by atoms with Crippen molar-refractivity contribution in [3.05, 3.63) is 39.7 Å². The molecule has 1 aromatic carbocycles. The Labute approximate surface area is 215 Å². The molecule has 3 aliphatic rings. The minimum absolute atomic E-state index is 0.0255. The fourth-order valence-corrected chi connectivity index (χ4v) is 5.95. The SMILES string of the molecule is COc1c(CN(C)CCC(C)C)cc(O)c2c1CC1C[C@H]3CC(=O)C(C(N)=O)=C(O)[C@@]3(O)C(=O)C1=C2O. The number of primary amides is 1. The van der Waals surface area contributed by atoms with E-state index in [-0.39, 0.29) is 36.1 Å². The molecular weight excluding hydrogens is 480 g/mol. The molecular formula is C27H34N2O8. The average molecular weight is 515 g/mol. The number of nitrogens with zero attached hydrogens (tertiary/aromatic N) is 1. The zero-order chi connectivity index (χ0) is 27.4. The maximum Gasteiger partial charge on any atom is 0.255 e. The van der Waals surface area contributed by atoms with Gasteiger partial charge in [0.25, 0.3) is 5.91 Å². The number of aliphatic hydroxyl groups excluding tert-OH is 2. The molecule has 1 amide bonds. The number of amides is 1. The summed E-state index contributed by atoms with van der Waals surface area (Å²) in [5.74, 6) is -5.47. The number of ketones is 2. The molecule has 3 aliphatic carbocycles. The zero-order valence-electron chi connectivity index (χ0n) is 21.5. The molecule has 0 aromatic heterocycles. The topological polar surface area (TPSA) is 171 Å². The third-order valence-electron chi connectivity index (χ3n) is 7.82. The molecule has 1 saturated carbocycles. The van der Waals surface area contributed by atoms with Crippen molar-refractivity contribution in [2.24, 2.45) is 23.5 Å². The highest BCUT2D eigenvalue weighted by molar-refractivity contribution is 6.22. The number of methoxy groups -OCH3 is 1. The predicted molar refractivity (Wildman–Crippen MR) is 134 cm³/mol. The van der Waals surface area contributed by atoms with Crippen LogP contribution in [0.5, 0.6) is 11.5 Å². The number of nitrogens with two attached hydrogens (primary N) is 1. The number of hydrogen-bond acceptors (Lipinski definition) is 9. The van der Waals surface area contributed by atoms with Crippen molar-refractivity contribution in [2.75, 3.05) is 20.7 Å². The minimum atomic E-state index is -2.58. The fraction of sp³-hybridized carbons (Fsp3) is 0.519. The van der Waals surface area contributed by atoms with Crippen LogP contribution in [0.1, 0.15) is 49.8 Å². The number of phenolic OH excluding ortho intramolecular Hbond substituents is 1. The molecule has 4 rings (SSSR count). The third-order valence-corrected chi connectivity index (χ3v) is 7.82. The van der Waals surface area contributed by atoms with E-state index in [2.05, 4.69) is 18.7 Å². The standard InChI is InChI=1S/C27H34N2O8/c1-12(2)5-6-29(3)11-14-9-17(30)20-16(23(14)37-4)8-13-7-15-10-18(31)21(26(28)35)25(34)27(15,36)24(33)19(13)22(20)32/h9,12-13,15,30,32,34,36H,5-8,10-11H2,1-4H3,(H2,28,35)/t13?,15-,27-/m0/s1. The van der Waals surface area contributed by atoms with Gasteiger partial charge in [-0.15, -0.1) is 0 Å². The Morgan fingerprint density at radius 2 is 1.92 bits per heavy atom. The van der Waals surface area contributed by atoms with E-state index in [1.54, 1.807) is 0 Å². The predicted octanol–water partition coefficient (Wildman–Crippen LogP) is 1.91. The summed E-state index contributed by atoms with van der Waals surface area (Å²) in [6, 6.07) is 1.49. The maximum atomic E-state index is 13.6. The number of rotatable bonds is 7. The summed E-state index contributed by atoms with van der Waals surface area (Å²) in [5, 5.41) is 44.1. The van der Waals surface area contributed by atoms with E-state index < -0.39 is 52.0 Å². The van der Waals surface area contributed by atoms with Gasteiger partial charge in [-0.1, -0.05) is 13.8 Å². The lowest BCUT2D eigenvalue weighted by Gasteiger charge is -2.46. The van der Waals surface area contributed by atoms with Gasteiger partial charge >= 0.3 is 0 Å². The molecule has 200 valence electrons. The molecule has 1 fully saturated rings. The van der Waals surface area contributed by atoms with Gasteiger partial charge in [-0.2, -0.15) is 0 Å². The molecule has 0 radical (unpaired) electrons. The van der Waals surface area contributed by atoms with E-state index in [1.165, 1.54) is 13.2 Å². The van der Waals surface area contributed by atoms with Crippen LogP contribution in [-0.4, -0.2) is 69.1 Å². The second kappa shape index (κ2) is 9.50. The van der Waals surface area contributed by atoms with E-state index >= 15 is 0 Å². The number of aliphatic hydroxyl groups is 3. The van der Waals surface area contributed by atoms with Gasteiger partial charge < -0.3 is 35.8 Å². The van der Waals surface area contributed by atoms with Crippen molar-refractivity contribution >= 4 is 23.2 Å². The fourth-order valence-electron chi connectivity index (χ4n) is 5.95. The Bertz CT molecular complexity index is 1250. The quantitative estimate of drug-likeness (QED) is 0.341. The molecule has 1 aromatic rings. The van der Waals surface area contributed by atoms with Crippen molar-refractivity contribution in [1.82, 2.24) is 4.90 Å². The molecule has 0 aliphatic heterocycles. The second-order valence-corrected chi connectivity index (χ2v) is 10.8. The number of aromatic hydroxyl groups is 1. The number of carbonyl (C=O) groups excluding carboxylic acids is 3. The van der Waals surface area contributed by atoms with Crippen molar-refractivity contribution < 1.29 is 39.5 Å². The van der Waals surface area contributed by atoms with E-state index in [1.807, 2.05) is 7.05 Å². The summed E-state index contributed by atoms with van der Waals surface area (Å²) in [6.07, 6.45) is 0.916. The smallest absolute Gasteiger partial charge is 0.255 e. The summed E-state index contributed by atoms with van der Waals surface area (Å²) in [7, 11) is 3.47. The summed E-state index contributed by atoms with van der Waals surface area (Å²) >= 11 is 0. The lowest BCUT2D eigenvalue weighted by Crippen LogP contribution is -2.58. The van der Waals surface area contributed by atoms with Gasteiger partial charge in [-0.25, -0.2) is 0 Å². The molecule has 0 saturated heterocycles. The van der Waals surface area contributed by atoms with Gasteiger partial charge in [0, 0.05) is 35.6 Å². The van der Waals surface area contributed by atoms with Crippen LogP contribution >= 0.6 is 0 Å². The summed E-state index contributed by atoms with van der Waals surface area (Å²) in [5.41, 5.74) is 2.94. The highest BCUT2D eigenvalue weighted by Crippen LogP contribution is 2.53. The first-order chi connectivity index (χ1) is 17.3. The Hall–Kier alpha value is -3.37. The molecule has 37 heavy (non-hydrogen) atoms.